The van der Waals surface area contributed by atoms with Crippen molar-refractivity contribution in [1.82, 2.24) is 0 Å². The van der Waals surface area contributed by atoms with E-state index >= 15 is 0 Å². The number of ether oxygens (including phenoxy) is 5. The Balaban J connectivity index is 1.20. The normalized spacial score (nSPS) is 46.9. The van der Waals surface area contributed by atoms with Gasteiger partial charge in [-0.15, -0.1) is 0 Å². The van der Waals surface area contributed by atoms with Gasteiger partial charge in [0.15, 0.2) is 12.6 Å². The summed E-state index contributed by atoms with van der Waals surface area (Å²) in [6, 6.07) is 0. The van der Waals surface area contributed by atoms with E-state index in [2.05, 4.69) is 59.8 Å². The van der Waals surface area contributed by atoms with E-state index < -0.39 is 80.7 Å². The fraction of sp³-hybridized carbons (Fsp3) is 0.850. The molecule has 3 fully saturated rings. The largest absolute Gasteiger partial charge is 0.462 e. The molecule has 9 unspecified atom stereocenters. The van der Waals surface area contributed by atoms with Gasteiger partial charge in [-0.2, -0.15) is 0 Å². The molecule has 2 saturated heterocycles. The highest BCUT2D eigenvalue weighted by molar-refractivity contribution is 5.42. The highest BCUT2D eigenvalue weighted by Gasteiger charge is 2.56. The molecular formula is C40H64O13. The number of allylic oxidation sites excluding steroid dienone is 5. The second kappa shape index (κ2) is 16.2. The van der Waals surface area contributed by atoms with Gasteiger partial charge in [0.25, 0.3) is 0 Å². The van der Waals surface area contributed by atoms with E-state index in [9.17, 15) is 40.9 Å². The summed E-state index contributed by atoms with van der Waals surface area (Å²) in [6.07, 6.45) is -3.41. The third-order valence-electron chi connectivity index (χ3n) is 13.7. The predicted octanol–water partition coefficient (Wildman–Crippen LogP) is 2.03. The molecule has 53 heavy (non-hydrogen) atoms. The summed E-state index contributed by atoms with van der Waals surface area (Å²) in [5, 5.41) is 83.7. The first-order chi connectivity index (χ1) is 25.0. The standard InChI is InChI=1S/C40H64O13/c1-19(2)15-22(43)16-20(3)23-7-8-25-27-10-9-24-21(4)26(11-13-40(24,6)30(49-27)12-14-39(23,25)5)50-38-36(34(47)32(45)29(18-42)52-38)53-37-35(48)33(46)31(44)28(17-41)51-37/h8,10,12,19-24,26,28-29,31-38,41-48H,7,9,11,13-18H2,1-6H3/t20-,21+,22?,23-,24+,26+,28?,29?,31?,32?,33+,34+,35?,36?,37?,38?,39-,40+/m1/s1. The van der Waals surface area contributed by atoms with Gasteiger partial charge < -0.3 is 64.5 Å². The van der Waals surface area contributed by atoms with Gasteiger partial charge in [-0.25, -0.2) is 0 Å². The van der Waals surface area contributed by atoms with Crippen molar-refractivity contribution in [3.05, 3.63) is 35.3 Å². The molecule has 1 saturated carbocycles. The molecule has 0 aromatic rings. The molecule has 0 aromatic heterocycles. The van der Waals surface area contributed by atoms with Crippen LogP contribution < -0.4 is 0 Å². The molecule has 0 radical (unpaired) electrons. The molecule has 13 heteroatoms. The van der Waals surface area contributed by atoms with E-state index in [1.165, 1.54) is 5.57 Å². The molecule has 6 aliphatic rings. The van der Waals surface area contributed by atoms with Crippen molar-refractivity contribution in [2.45, 2.75) is 160 Å². The zero-order valence-electron chi connectivity index (χ0n) is 32.0. The predicted molar refractivity (Wildman–Crippen MR) is 191 cm³/mol. The third-order valence-corrected chi connectivity index (χ3v) is 13.7. The molecule has 8 N–H and O–H groups in total. The van der Waals surface area contributed by atoms with Crippen LogP contribution in [0.5, 0.6) is 0 Å². The molecule has 2 bridgehead atoms. The Bertz CT molecular complexity index is 1370. The second-order valence-electron chi connectivity index (χ2n) is 17.7. The Morgan fingerprint density at radius 1 is 0.792 bits per heavy atom. The Labute approximate surface area is 313 Å². The summed E-state index contributed by atoms with van der Waals surface area (Å²) in [5.74, 6) is 3.13. The van der Waals surface area contributed by atoms with E-state index in [1.54, 1.807) is 0 Å². The first kappa shape index (κ1) is 41.2. The SMILES string of the molecule is CC(C)CC(O)C[C@@H](C)[C@H]1CC=C2C3=CC[C@H]4[C@H](C)[C@@H](OC5OC(CO)C(O)[C@H](O)C5OC5OC(CO)C(O)[C@H](O)C5O)CC[C@]4(C)C(=CC[C@@]21C)O3. The number of hydrogen-bond donors (Lipinski definition) is 8. The lowest BCUT2D eigenvalue weighted by molar-refractivity contribution is -0.374. The van der Waals surface area contributed by atoms with E-state index in [0.29, 0.717) is 24.2 Å². The van der Waals surface area contributed by atoms with Crippen molar-refractivity contribution >= 4 is 0 Å². The van der Waals surface area contributed by atoms with Gasteiger partial charge in [0.2, 0.25) is 0 Å². The summed E-state index contributed by atoms with van der Waals surface area (Å²) in [6.45, 7) is 12.0. The molecule has 13 nitrogen and oxygen atoms in total. The van der Waals surface area contributed by atoms with Crippen LogP contribution in [0.1, 0.15) is 86.5 Å². The van der Waals surface area contributed by atoms with Gasteiger partial charge >= 0.3 is 0 Å². The van der Waals surface area contributed by atoms with Gasteiger partial charge in [0, 0.05) is 10.8 Å². The van der Waals surface area contributed by atoms with Crippen molar-refractivity contribution in [2.24, 2.45) is 40.4 Å². The maximum atomic E-state index is 11.2. The minimum absolute atomic E-state index is 0.0389. The first-order valence-corrected chi connectivity index (χ1v) is 19.8. The zero-order chi connectivity index (χ0) is 38.6. The van der Waals surface area contributed by atoms with Crippen LogP contribution in [0.3, 0.4) is 0 Å². The van der Waals surface area contributed by atoms with E-state index in [0.717, 1.165) is 50.0 Å². The Morgan fingerprint density at radius 2 is 1.45 bits per heavy atom. The van der Waals surface area contributed by atoms with Crippen molar-refractivity contribution in [3.63, 3.8) is 0 Å². The van der Waals surface area contributed by atoms with Crippen molar-refractivity contribution in [3.8, 4) is 0 Å². The fourth-order valence-electron chi connectivity index (χ4n) is 10.5. The van der Waals surface area contributed by atoms with E-state index in [-0.39, 0.29) is 28.8 Å². The summed E-state index contributed by atoms with van der Waals surface area (Å²) in [7, 11) is 0. The molecular weight excluding hydrogens is 688 g/mol. The first-order valence-electron chi connectivity index (χ1n) is 19.8. The van der Waals surface area contributed by atoms with Gasteiger partial charge in [-0.3, -0.25) is 0 Å². The average molecular weight is 753 g/mol. The maximum absolute atomic E-state index is 11.2. The van der Waals surface area contributed by atoms with Gasteiger partial charge in [0.05, 0.1) is 25.4 Å². The number of aliphatic hydroxyl groups excluding tert-OH is 8. The van der Waals surface area contributed by atoms with Crippen LogP contribution in [-0.4, -0.2) is 128 Å². The van der Waals surface area contributed by atoms with Gasteiger partial charge in [0.1, 0.15) is 60.4 Å². The zero-order valence-corrected chi connectivity index (χ0v) is 32.0. The number of hydrogen-bond acceptors (Lipinski definition) is 13. The van der Waals surface area contributed by atoms with Gasteiger partial charge in [-0.1, -0.05) is 47.6 Å². The Hall–Kier alpha value is -1.46. The number of rotatable bonds is 11. The van der Waals surface area contributed by atoms with Crippen molar-refractivity contribution < 1.29 is 64.5 Å². The highest BCUT2D eigenvalue weighted by atomic mass is 16.8. The lowest BCUT2D eigenvalue weighted by Crippen LogP contribution is -2.65. The number of fused-ring (bicyclic) bond motifs is 6. The average Bonchev–Trinajstić information content (AvgIpc) is 3.28. The lowest BCUT2D eigenvalue weighted by Gasteiger charge is -2.50. The minimum Gasteiger partial charge on any atom is -0.462 e. The van der Waals surface area contributed by atoms with Crippen LogP contribution in [0.15, 0.2) is 35.3 Å². The molecule has 4 heterocycles. The van der Waals surface area contributed by atoms with Crippen LogP contribution >= 0.6 is 0 Å². The monoisotopic (exact) mass is 752 g/mol. The van der Waals surface area contributed by atoms with Crippen LogP contribution in [0, 0.1) is 40.4 Å². The lowest BCUT2D eigenvalue weighted by atomic mass is 9.59. The molecule has 0 amide bonds. The maximum Gasteiger partial charge on any atom is 0.187 e. The fourth-order valence-corrected chi connectivity index (χ4v) is 10.5. The van der Waals surface area contributed by atoms with Crippen molar-refractivity contribution in [1.29, 1.82) is 0 Å². The summed E-state index contributed by atoms with van der Waals surface area (Å²) >= 11 is 0. The van der Waals surface area contributed by atoms with E-state index in [1.807, 2.05) is 0 Å². The molecule has 0 aromatic carbocycles. The van der Waals surface area contributed by atoms with Gasteiger partial charge in [-0.05, 0) is 92.3 Å². The highest BCUT2D eigenvalue weighted by Crippen LogP contribution is 2.60. The summed E-state index contributed by atoms with van der Waals surface area (Å²) in [5.41, 5.74) is 0.834. The molecule has 0 spiro atoms. The molecule has 302 valence electrons. The van der Waals surface area contributed by atoms with Crippen LogP contribution in [-0.2, 0) is 23.7 Å². The Kier molecular flexibility index (Phi) is 12.6. The van der Waals surface area contributed by atoms with Crippen molar-refractivity contribution in [2.75, 3.05) is 13.2 Å². The summed E-state index contributed by atoms with van der Waals surface area (Å²) < 4.78 is 30.9. The minimum atomic E-state index is -1.75. The van der Waals surface area contributed by atoms with Crippen LogP contribution in [0.25, 0.3) is 0 Å². The molecule has 4 aliphatic heterocycles. The van der Waals surface area contributed by atoms with E-state index in [4.69, 9.17) is 23.7 Å². The topological polar surface area (TPSA) is 208 Å². The molecule has 6 rings (SSSR count). The third kappa shape index (κ3) is 7.68. The van der Waals surface area contributed by atoms with Crippen LogP contribution in [0.4, 0.5) is 0 Å². The summed E-state index contributed by atoms with van der Waals surface area (Å²) in [4.78, 5) is 0. The quantitative estimate of drug-likeness (QED) is 0.152. The second-order valence-corrected chi connectivity index (χ2v) is 17.7. The number of aliphatic hydroxyl groups is 8. The molecule has 18 atom stereocenters. The van der Waals surface area contributed by atoms with Crippen LogP contribution in [0.2, 0.25) is 0 Å². The molecule has 2 aliphatic carbocycles. The smallest absolute Gasteiger partial charge is 0.187 e. The Morgan fingerprint density at radius 3 is 2.11 bits per heavy atom.